The first-order valence-electron chi connectivity index (χ1n) is 3.93. The van der Waals surface area contributed by atoms with Crippen LogP contribution in [0.2, 0.25) is 0 Å². The molecule has 0 atom stereocenters. The van der Waals surface area contributed by atoms with Gasteiger partial charge in [-0.1, -0.05) is 30.3 Å². The van der Waals surface area contributed by atoms with Crippen molar-refractivity contribution in [2.75, 3.05) is 0 Å². The molecule has 0 heterocycles. The van der Waals surface area contributed by atoms with E-state index in [1.807, 2.05) is 35.1 Å². The van der Waals surface area contributed by atoms with Crippen molar-refractivity contribution >= 4 is 18.2 Å². The molecule has 0 saturated carbocycles. The maximum Gasteiger partial charge on any atom is 0.232 e. The molecule has 1 aromatic carbocycles. The minimum Gasteiger partial charge on any atom is -0.274 e. The SMILES string of the molecule is O=C(CCc1ccccc1)NSF. The highest BCUT2D eigenvalue weighted by molar-refractivity contribution is 7.92. The standard InChI is InChI=1S/C9H10FNOS/c10-13-11-9(12)7-6-8-4-2-1-3-5-8/h1-5H,6-7H2,(H,11,12). The number of benzene rings is 1. The van der Waals surface area contributed by atoms with Gasteiger partial charge in [-0.05, 0) is 12.0 Å². The maximum atomic E-state index is 11.6. The van der Waals surface area contributed by atoms with Crippen LogP contribution in [0.5, 0.6) is 0 Å². The molecule has 1 aromatic rings. The Bertz CT molecular complexity index is 266. The Morgan fingerprint density at radius 3 is 2.69 bits per heavy atom. The van der Waals surface area contributed by atoms with E-state index in [1.165, 1.54) is 0 Å². The quantitative estimate of drug-likeness (QED) is 0.754. The molecule has 0 bridgehead atoms. The molecule has 4 heteroatoms. The molecule has 1 rings (SSSR count). The molecule has 0 spiro atoms. The molecule has 0 aliphatic rings. The van der Waals surface area contributed by atoms with E-state index in [2.05, 4.69) is 0 Å². The van der Waals surface area contributed by atoms with Crippen LogP contribution in [0.25, 0.3) is 0 Å². The summed E-state index contributed by atoms with van der Waals surface area (Å²) in [6.07, 6.45) is 0.966. The van der Waals surface area contributed by atoms with Crippen LogP contribution in [0.15, 0.2) is 30.3 Å². The van der Waals surface area contributed by atoms with Crippen molar-refractivity contribution in [1.82, 2.24) is 4.72 Å². The zero-order chi connectivity index (χ0) is 9.52. The fourth-order valence-electron chi connectivity index (χ4n) is 0.997. The zero-order valence-corrected chi connectivity index (χ0v) is 7.81. The normalized spacial score (nSPS) is 9.62. The van der Waals surface area contributed by atoms with Crippen LogP contribution in [-0.2, 0) is 11.2 Å². The lowest BCUT2D eigenvalue weighted by molar-refractivity contribution is -0.119. The fraction of sp³-hybridized carbons (Fsp3) is 0.222. The Labute approximate surface area is 81.0 Å². The highest BCUT2D eigenvalue weighted by Gasteiger charge is 2.00. The van der Waals surface area contributed by atoms with E-state index in [0.717, 1.165) is 5.56 Å². The lowest BCUT2D eigenvalue weighted by Crippen LogP contribution is -2.14. The van der Waals surface area contributed by atoms with Crippen molar-refractivity contribution in [3.63, 3.8) is 0 Å². The molecular weight excluding hydrogens is 189 g/mol. The molecule has 13 heavy (non-hydrogen) atoms. The topological polar surface area (TPSA) is 29.1 Å². The van der Waals surface area contributed by atoms with Gasteiger partial charge in [0.15, 0.2) is 12.3 Å². The van der Waals surface area contributed by atoms with E-state index in [-0.39, 0.29) is 18.2 Å². The maximum absolute atomic E-state index is 11.6. The number of rotatable bonds is 4. The molecular formula is C9H10FNOS. The van der Waals surface area contributed by atoms with Crippen LogP contribution >= 0.6 is 12.3 Å². The Hall–Kier alpha value is -1.03. The highest BCUT2D eigenvalue weighted by atomic mass is 32.2. The van der Waals surface area contributed by atoms with E-state index >= 15 is 0 Å². The summed E-state index contributed by atoms with van der Waals surface area (Å²) in [6, 6.07) is 9.63. The summed E-state index contributed by atoms with van der Waals surface area (Å²) in [5.41, 5.74) is 1.08. The molecule has 2 nitrogen and oxygen atoms in total. The number of carbonyl (C=O) groups is 1. The van der Waals surface area contributed by atoms with Crippen molar-refractivity contribution in [2.24, 2.45) is 0 Å². The van der Waals surface area contributed by atoms with E-state index in [4.69, 9.17) is 0 Å². The Morgan fingerprint density at radius 1 is 1.38 bits per heavy atom. The first-order valence-corrected chi connectivity index (χ1v) is 4.65. The van der Waals surface area contributed by atoms with Crippen LogP contribution in [-0.4, -0.2) is 5.91 Å². The van der Waals surface area contributed by atoms with Gasteiger partial charge in [-0.2, -0.15) is 0 Å². The molecule has 0 aliphatic carbocycles. The van der Waals surface area contributed by atoms with Gasteiger partial charge in [0.05, 0.1) is 0 Å². The van der Waals surface area contributed by atoms with Gasteiger partial charge in [0.2, 0.25) is 5.91 Å². The first-order chi connectivity index (χ1) is 6.33. The predicted molar refractivity (Wildman–Crippen MR) is 51.6 cm³/mol. The molecule has 0 aromatic heterocycles. The lowest BCUT2D eigenvalue weighted by atomic mass is 10.1. The Morgan fingerprint density at radius 2 is 2.08 bits per heavy atom. The fourth-order valence-corrected chi connectivity index (χ4v) is 1.18. The molecule has 1 N–H and O–H groups in total. The van der Waals surface area contributed by atoms with Crippen LogP contribution in [0.1, 0.15) is 12.0 Å². The summed E-state index contributed by atoms with van der Waals surface area (Å²) in [4.78, 5) is 10.8. The molecule has 0 unspecified atom stereocenters. The summed E-state index contributed by atoms with van der Waals surface area (Å²) in [7, 11) is 0. The molecule has 1 amide bonds. The predicted octanol–water partition coefficient (Wildman–Crippen LogP) is 2.27. The number of carbonyl (C=O) groups excluding carboxylic acids is 1. The van der Waals surface area contributed by atoms with Crippen LogP contribution in [0.3, 0.4) is 0 Å². The van der Waals surface area contributed by atoms with Gasteiger partial charge in [0, 0.05) is 6.42 Å². The monoisotopic (exact) mass is 199 g/mol. The average molecular weight is 199 g/mol. The number of halogens is 1. The molecule has 0 saturated heterocycles. The van der Waals surface area contributed by atoms with Crippen LogP contribution in [0, 0.1) is 0 Å². The van der Waals surface area contributed by atoms with Gasteiger partial charge in [0.25, 0.3) is 0 Å². The first kappa shape index (κ1) is 10.1. The van der Waals surface area contributed by atoms with E-state index in [1.54, 1.807) is 0 Å². The van der Waals surface area contributed by atoms with Crippen molar-refractivity contribution in [3.05, 3.63) is 35.9 Å². The van der Waals surface area contributed by atoms with E-state index in [9.17, 15) is 8.68 Å². The minimum atomic E-state index is -0.281. The van der Waals surface area contributed by atoms with E-state index in [0.29, 0.717) is 12.8 Å². The summed E-state index contributed by atoms with van der Waals surface area (Å²) in [6.45, 7) is 0. The zero-order valence-electron chi connectivity index (χ0n) is 7.00. The van der Waals surface area contributed by atoms with E-state index < -0.39 is 0 Å². The van der Waals surface area contributed by atoms with Crippen LogP contribution in [0.4, 0.5) is 3.89 Å². The number of aryl methyl sites for hydroxylation is 1. The highest BCUT2D eigenvalue weighted by Crippen LogP contribution is 2.03. The number of hydrogen-bond acceptors (Lipinski definition) is 2. The third-order valence-corrected chi connectivity index (χ3v) is 1.94. The van der Waals surface area contributed by atoms with Crippen molar-refractivity contribution < 1.29 is 8.68 Å². The second-order valence-corrected chi connectivity index (χ2v) is 2.95. The summed E-state index contributed by atoms with van der Waals surface area (Å²) < 4.78 is 13.6. The Balaban J connectivity index is 2.31. The number of amides is 1. The number of hydrogen-bond donors (Lipinski definition) is 1. The molecule has 0 fully saturated rings. The lowest BCUT2D eigenvalue weighted by Gasteiger charge is -1.99. The van der Waals surface area contributed by atoms with Crippen molar-refractivity contribution in [1.29, 1.82) is 0 Å². The van der Waals surface area contributed by atoms with Gasteiger partial charge in [-0.15, -0.1) is 3.89 Å². The molecule has 0 aliphatic heterocycles. The smallest absolute Gasteiger partial charge is 0.232 e. The van der Waals surface area contributed by atoms with Gasteiger partial charge >= 0.3 is 0 Å². The van der Waals surface area contributed by atoms with Gasteiger partial charge in [-0.25, -0.2) is 0 Å². The second kappa shape index (κ2) is 5.59. The van der Waals surface area contributed by atoms with Gasteiger partial charge in [-0.3, -0.25) is 9.52 Å². The summed E-state index contributed by atoms with van der Waals surface area (Å²) >= 11 is -0.155. The van der Waals surface area contributed by atoms with Crippen molar-refractivity contribution in [3.8, 4) is 0 Å². The molecule has 0 radical (unpaired) electrons. The van der Waals surface area contributed by atoms with Crippen LogP contribution < -0.4 is 4.72 Å². The molecule has 70 valence electrons. The van der Waals surface area contributed by atoms with Gasteiger partial charge in [0.1, 0.15) is 0 Å². The Kier molecular flexibility index (Phi) is 4.32. The average Bonchev–Trinajstić information content (AvgIpc) is 2.17. The number of nitrogens with one attached hydrogen (secondary N) is 1. The summed E-state index contributed by atoms with van der Waals surface area (Å²) in [5, 5.41) is 0. The second-order valence-electron chi connectivity index (χ2n) is 2.59. The minimum absolute atomic E-state index is 0.155. The van der Waals surface area contributed by atoms with Gasteiger partial charge < -0.3 is 0 Å². The summed E-state index contributed by atoms with van der Waals surface area (Å²) in [5.74, 6) is -0.281. The van der Waals surface area contributed by atoms with Crippen molar-refractivity contribution in [2.45, 2.75) is 12.8 Å². The third kappa shape index (κ3) is 3.94. The third-order valence-electron chi connectivity index (χ3n) is 1.64. The largest absolute Gasteiger partial charge is 0.274 e.